The molecule has 2 nitrogen and oxygen atoms in total. The van der Waals surface area contributed by atoms with Crippen LogP contribution in [0.15, 0.2) is 42.5 Å². The molecule has 0 aliphatic carbocycles. The molecule has 112 valence electrons. The number of aromatic nitrogens is 1. The van der Waals surface area contributed by atoms with Gasteiger partial charge in [0, 0.05) is 5.56 Å². The van der Waals surface area contributed by atoms with Crippen molar-refractivity contribution in [3.05, 3.63) is 64.4 Å². The van der Waals surface area contributed by atoms with Gasteiger partial charge in [-0.2, -0.15) is 13.2 Å². The number of aliphatic hydroxyl groups is 1. The number of hydrogen-bond acceptors (Lipinski definition) is 2. The summed E-state index contributed by atoms with van der Waals surface area (Å²) in [6, 6.07) is 10.6. The molecule has 6 heteroatoms. The summed E-state index contributed by atoms with van der Waals surface area (Å²) in [6.07, 6.45) is -4.32. The molecule has 2 aromatic rings. The molecule has 0 fully saturated rings. The summed E-state index contributed by atoms with van der Waals surface area (Å²) in [5.41, 5.74) is -1.85. The zero-order valence-corrected chi connectivity index (χ0v) is 11.9. The van der Waals surface area contributed by atoms with Crippen LogP contribution >= 0.6 is 11.6 Å². The maximum atomic E-state index is 12.6. The molecular weight excluding hydrogens is 303 g/mol. The minimum atomic E-state index is -4.57. The lowest BCUT2D eigenvalue weighted by atomic mass is 9.85. The van der Waals surface area contributed by atoms with E-state index >= 15 is 0 Å². The highest BCUT2D eigenvalue weighted by Crippen LogP contribution is 2.38. The minimum absolute atomic E-state index is 0.158. The second-order valence-corrected chi connectivity index (χ2v) is 4.97. The molecule has 0 aliphatic rings. The second-order valence-electron chi connectivity index (χ2n) is 4.61. The van der Waals surface area contributed by atoms with Crippen LogP contribution in [-0.2, 0) is 11.8 Å². The summed E-state index contributed by atoms with van der Waals surface area (Å²) in [4.78, 5) is 3.36. The molecule has 0 spiro atoms. The van der Waals surface area contributed by atoms with Gasteiger partial charge >= 0.3 is 6.18 Å². The Labute approximate surface area is 125 Å². The van der Waals surface area contributed by atoms with Crippen LogP contribution in [0.3, 0.4) is 0 Å². The lowest BCUT2D eigenvalue weighted by Crippen LogP contribution is -2.27. The molecular formula is C15H13ClF3NO. The molecule has 1 aromatic carbocycles. The molecule has 1 heterocycles. The highest BCUT2D eigenvalue weighted by Gasteiger charge is 2.36. The van der Waals surface area contributed by atoms with Gasteiger partial charge in [-0.25, -0.2) is 4.98 Å². The van der Waals surface area contributed by atoms with Crippen LogP contribution in [0.1, 0.15) is 30.2 Å². The Morgan fingerprint density at radius 3 is 2.19 bits per heavy atom. The van der Waals surface area contributed by atoms with Gasteiger partial charge in [-0.15, -0.1) is 0 Å². The van der Waals surface area contributed by atoms with Gasteiger partial charge in [0.05, 0.1) is 0 Å². The van der Waals surface area contributed by atoms with Gasteiger partial charge in [-0.05, 0) is 18.1 Å². The zero-order chi connectivity index (χ0) is 15.7. The Balaban J connectivity index is 2.54. The fraction of sp³-hybridized carbons (Fsp3) is 0.267. The third kappa shape index (κ3) is 3.04. The van der Waals surface area contributed by atoms with E-state index in [0.29, 0.717) is 5.56 Å². The van der Waals surface area contributed by atoms with E-state index in [0.717, 1.165) is 6.07 Å². The topological polar surface area (TPSA) is 33.1 Å². The second kappa shape index (κ2) is 5.66. The van der Waals surface area contributed by atoms with Crippen LogP contribution in [0.5, 0.6) is 0 Å². The number of alkyl halides is 3. The summed E-state index contributed by atoms with van der Waals surface area (Å²) in [5, 5.41) is 10.5. The molecule has 1 N–H and O–H groups in total. The number of rotatable bonds is 3. The fourth-order valence-electron chi connectivity index (χ4n) is 2.16. The molecule has 2 rings (SSSR count). The Bertz CT molecular complexity index is 631. The van der Waals surface area contributed by atoms with Gasteiger partial charge in [0.25, 0.3) is 0 Å². The SMILES string of the molecule is CCC(O)(c1ccccc1)c1ccc(C(F)(F)F)nc1Cl. The van der Waals surface area contributed by atoms with Gasteiger partial charge in [0.1, 0.15) is 16.4 Å². The molecule has 0 saturated heterocycles. The van der Waals surface area contributed by atoms with E-state index in [1.54, 1.807) is 37.3 Å². The Hall–Kier alpha value is -1.59. The van der Waals surface area contributed by atoms with Crippen molar-refractivity contribution >= 4 is 11.6 Å². The van der Waals surface area contributed by atoms with Gasteiger partial charge < -0.3 is 5.11 Å². The smallest absolute Gasteiger partial charge is 0.380 e. The third-order valence-electron chi connectivity index (χ3n) is 3.35. The molecule has 0 radical (unpaired) electrons. The third-order valence-corrected chi connectivity index (χ3v) is 3.64. The minimum Gasteiger partial charge on any atom is -0.380 e. The van der Waals surface area contributed by atoms with Gasteiger partial charge in [0.2, 0.25) is 0 Å². The number of benzene rings is 1. The maximum Gasteiger partial charge on any atom is 0.433 e. The molecule has 1 unspecified atom stereocenters. The first-order valence-electron chi connectivity index (χ1n) is 6.31. The van der Waals surface area contributed by atoms with Crippen LogP contribution < -0.4 is 0 Å². The van der Waals surface area contributed by atoms with E-state index in [9.17, 15) is 18.3 Å². The molecule has 1 aromatic heterocycles. The van der Waals surface area contributed by atoms with Gasteiger partial charge in [-0.1, -0.05) is 54.9 Å². The number of hydrogen-bond donors (Lipinski definition) is 1. The zero-order valence-electron chi connectivity index (χ0n) is 11.2. The predicted octanol–water partition coefficient (Wildman–Crippen LogP) is 4.40. The van der Waals surface area contributed by atoms with Crippen LogP contribution in [0, 0.1) is 0 Å². The quantitative estimate of drug-likeness (QED) is 0.852. The first kappa shape index (κ1) is 15.8. The summed E-state index contributed by atoms with van der Waals surface area (Å²) in [6.45, 7) is 1.72. The van der Waals surface area contributed by atoms with E-state index in [-0.39, 0.29) is 17.1 Å². The van der Waals surface area contributed by atoms with Crippen LogP contribution in [-0.4, -0.2) is 10.1 Å². The van der Waals surface area contributed by atoms with E-state index in [4.69, 9.17) is 11.6 Å². The molecule has 0 aliphatic heterocycles. The van der Waals surface area contributed by atoms with Crippen LogP contribution in [0.25, 0.3) is 0 Å². The average molecular weight is 316 g/mol. The number of nitrogens with zero attached hydrogens (tertiary/aromatic N) is 1. The van der Waals surface area contributed by atoms with Crippen LogP contribution in [0.4, 0.5) is 13.2 Å². The van der Waals surface area contributed by atoms with Crippen molar-refractivity contribution in [1.29, 1.82) is 0 Å². The molecule has 21 heavy (non-hydrogen) atoms. The van der Waals surface area contributed by atoms with Crippen molar-refractivity contribution in [3.63, 3.8) is 0 Å². The largest absolute Gasteiger partial charge is 0.433 e. The molecule has 0 bridgehead atoms. The lowest BCUT2D eigenvalue weighted by Gasteiger charge is -2.28. The Morgan fingerprint density at radius 2 is 1.71 bits per heavy atom. The van der Waals surface area contributed by atoms with E-state index in [1.165, 1.54) is 6.07 Å². The summed E-state index contributed by atoms with van der Waals surface area (Å²) < 4.78 is 37.9. The van der Waals surface area contributed by atoms with Crippen molar-refractivity contribution in [3.8, 4) is 0 Å². The monoisotopic (exact) mass is 315 g/mol. The highest BCUT2D eigenvalue weighted by atomic mass is 35.5. The summed E-state index contributed by atoms with van der Waals surface area (Å²) >= 11 is 5.88. The summed E-state index contributed by atoms with van der Waals surface area (Å²) in [5.74, 6) is 0. The van der Waals surface area contributed by atoms with Gasteiger partial charge in [0.15, 0.2) is 0 Å². The van der Waals surface area contributed by atoms with E-state index in [1.807, 2.05) is 0 Å². The lowest BCUT2D eigenvalue weighted by molar-refractivity contribution is -0.141. The van der Waals surface area contributed by atoms with Crippen LogP contribution in [0.2, 0.25) is 5.15 Å². The standard InChI is InChI=1S/C15H13ClF3NO/c1-2-14(21,10-6-4-3-5-7-10)11-8-9-12(15(17,18)19)20-13(11)16/h3-9,21H,2H2,1H3. The molecule has 0 saturated carbocycles. The average Bonchev–Trinajstić information content (AvgIpc) is 2.46. The first-order valence-corrected chi connectivity index (χ1v) is 6.69. The summed E-state index contributed by atoms with van der Waals surface area (Å²) in [7, 11) is 0. The van der Waals surface area contributed by atoms with Crippen molar-refractivity contribution in [1.82, 2.24) is 4.98 Å². The Kier molecular flexibility index (Phi) is 4.25. The number of pyridine rings is 1. The molecule has 0 amide bonds. The van der Waals surface area contributed by atoms with Crippen molar-refractivity contribution < 1.29 is 18.3 Å². The first-order chi connectivity index (χ1) is 9.79. The maximum absolute atomic E-state index is 12.6. The van der Waals surface area contributed by atoms with Gasteiger partial charge in [-0.3, -0.25) is 0 Å². The highest BCUT2D eigenvalue weighted by molar-refractivity contribution is 6.30. The Morgan fingerprint density at radius 1 is 1.10 bits per heavy atom. The van der Waals surface area contributed by atoms with Crippen molar-refractivity contribution in [2.24, 2.45) is 0 Å². The van der Waals surface area contributed by atoms with E-state index in [2.05, 4.69) is 4.98 Å². The number of halogens is 4. The predicted molar refractivity (Wildman–Crippen MR) is 74.0 cm³/mol. The molecule has 1 atom stereocenters. The van der Waals surface area contributed by atoms with Crippen molar-refractivity contribution in [2.75, 3.05) is 0 Å². The van der Waals surface area contributed by atoms with Crippen molar-refractivity contribution in [2.45, 2.75) is 25.1 Å². The van der Waals surface area contributed by atoms with E-state index < -0.39 is 17.5 Å². The normalized spacial score (nSPS) is 14.8. The fourth-order valence-corrected chi connectivity index (χ4v) is 2.47.